The maximum atomic E-state index is 5.89. The largest absolute Gasteiger partial charge is 0.329 e. The van der Waals surface area contributed by atoms with Gasteiger partial charge in [-0.2, -0.15) is 0 Å². The summed E-state index contributed by atoms with van der Waals surface area (Å²) in [6, 6.07) is 8.58. The summed E-state index contributed by atoms with van der Waals surface area (Å²) in [5.74, 6) is 0. The smallest absolute Gasteiger partial charge is 0.0422 e. The van der Waals surface area contributed by atoms with Crippen molar-refractivity contribution < 1.29 is 0 Å². The fraction of sp³-hybridized carbons (Fsp3) is 0.538. The van der Waals surface area contributed by atoms with Crippen molar-refractivity contribution in [1.29, 1.82) is 0 Å². The van der Waals surface area contributed by atoms with Gasteiger partial charge < -0.3 is 5.73 Å². The molecule has 1 aromatic carbocycles. The second-order valence-corrected chi connectivity index (χ2v) is 6.74. The van der Waals surface area contributed by atoms with Gasteiger partial charge in [-0.1, -0.05) is 40.9 Å². The summed E-state index contributed by atoms with van der Waals surface area (Å²) in [6.45, 7) is 0.739. The number of hydrogen-bond donors (Lipinski definition) is 1. The third-order valence-electron chi connectivity index (χ3n) is 3.11. The van der Waals surface area contributed by atoms with Gasteiger partial charge >= 0.3 is 0 Å². The van der Waals surface area contributed by atoms with Crippen LogP contribution in [0.4, 0.5) is 0 Å². The highest BCUT2D eigenvalue weighted by Crippen LogP contribution is 2.39. The molecule has 0 heterocycles. The molecule has 0 bridgehead atoms. The zero-order chi connectivity index (χ0) is 11.4. The van der Waals surface area contributed by atoms with Gasteiger partial charge in [-0.3, -0.25) is 0 Å². The molecule has 3 heteroatoms. The van der Waals surface area contributed by atoms with Gasteiger partial charge in [0.2, 0.25) is 0 Å². The Kier molecular flexibility index (Phi) is 4.74. The van der Waals surface area contributed by atoms with Gasteiger partial charge in [0.15, 0.2) is 0 Å². The van der Waals surface area contributed by atoms with Crippen LogP contribution >= 0.6 is 27.7 Å². The molecule has 0 spiro atoms. The normalized spacial score (nSPS) is 18.9. The Balaban J connectivity index is 2.00. The maximum absolute atomic E-state index is 5.89. The first-order valence-electron chi connectivity index (χ1n) is 5.90. The van der Waals surface area contributed by atoms with E-state index in [-0.39, 0.29) is 0 Å². The van der Waals surface area contributed by atoms with Gasteiger partial charge in [-0.05, 0) is 30.5 Å². The molecule has 0 aliphatic heterocycles. The Bertz CT molecular complexity index is 319. The Hall–Kier alpha value is 0.01000. The van der Waals surface area contributed by atoms with Gasteiger partial charge in [0.25, 0.3) is 0 Å². The van der Waals surface area contributed by atoms with Crippen molar-refractivity contribution in [2.75, 3.05) is 6.54 Å². The molecule has 1 aromatic rings. The lowest BCUT2D eigenvalue weighted by atomic mass is 10.1. The summed E-state index contributed by atoms with van der Waals surface area (Å²) in [5.41, 5.74) is 7.25. The second kappa shape index (κ2) is 6.08. The lowest BCUT2D eigenvalue weighted by molar-refractivity contribution is 0.873. The van der Waals surface area contributed by atoms with Gasteiger partial charge in [-0.15, -0.1) is 11.8 Å². The summed E-state index contributed by atoms with van der Waals surface area (Å²) in [5, 5.41) is 1.30. The van der Waals surface area contributed by atoms with Crippen molar-refractivity contribution in [1.82, 2.24) is 0 Å². The lowest BCUT2D eigenvalue weighted by Crippen LogP contribution is -2.12. The fourth-order valence-electron chi connectivity index (χ4n) is 2.20. The van der Waals surface area contributed by atoms with Crippen LogP contribution in [0.1, 0.15) is 36.5 Å². The minimum Gasteiger partial charge on any atom is -0.329 e. The first-order valence-corrected chi connectivity index (χ1v) is 7.64. The zero-order valence-corrected chi connectivity index (χ0v) is 11.8. The molecule has 88 valence electrons. The Morgan fingerprint density at radius 2 is 1.88 bits per heavy atom. The van der Waals surface area contributed by atoms with Crippen molar-refractivity contribution in [3.63, 3.8) is 0 Å². The third-order valence-corrected chi connectivity index (χ3v) is 5.29. The molecule has 0 saturated heterocycles. The van der Waals surface area contributed by atoms with E-state index in [0.717, 1.165) is 16.3 Å². The van der Waals surface area contributed by atoms with Crippen molar-refractivity contribution in [3.05, 3.63) is 34.3 Å². The van der Waals surface area contributed by atoms with Gasteiger partial charge in [0.1, 0.15) is 0 Å². The number of halogens is 1. The van der Waals surface area contributed by atoms with E-state index >= 15 is 0 Å². The standard InChI is InChI=1S/C13H18BrNS/c14-11-7-5-10(6-8-11)13(9-15)16-12-3-1-2-4-12/h5-8,12-13H,1-4,9,15H2. The Morgan fingerprint density at radius 1 is 1.25 bits per heavy atom. The van der Waals surface area contributed by atoms with Gasteiger partial charge in [0, 0.05) is 21.5 Å². The Labute approximate surface area is 110 Å². The lowest BCUT2D eigenvalue weighted by Gasteiger charge is -2.19. The van der Waals surface area contributed by atoms with Crippen LogP contribution in [0, 0.1) is 0 Å². The minimum absolute atomic E-state index is 0.469. The molecule has 1 saturated carbocycles. The second-order valence-electron chi connectivity index (χ2n) is 4.32. The molecule has 0 radical (unpaired) electrons. The molecule has 16 heavy (non-hydrogen) atoms. The molecule has 1 nitrogen and oxygen atoms in total. The average molecular weight is 300 g/mol. The molecule has 1 aliphatic rings. The summed E-state index contributed by atoms with van der Waals surface area (Å²) >= 11 is 5.54. The van der Waals surface area contributed by atoms with Crippen molar-refractivity contribution in [2.45, 2.75) is 36.2 Å². The van der Waals surface area contributed by atoms with E-state index in [1.807, 2.05) is 0 Å². The van der Waals surface area contributed by atoms with Crippen molar-refractivity contribution >= 4 is 27.7 Å². The van der Waals surface area contributed by atoms with Gasteiger partial charge in [0.05, 0.1) is 0 Å². The molecule has 2 N–H and O–H groups in total. The van der Waals surface area contributed by atoms with E-state index in [1.165, 1.54) is 31.2 Å². The number of thioether (sulfide) groups is 1. The molecule has 0 aromatic heterocycles. The van der Waals surface area contributed by atoms with E-state index < -0.39 is 0 Å². The number of nitrogens with two attached hydrogens (primary N) is 1. The number of hydrogen-bond acceptors (Lipinski definition) is 2. The predicted octanol–water partition coefficient (Wildman–Crippen LogP) is 4.12. The van der Waals surface area contributed by atoms with Gasteiger partial charge in [-0.25, -0.2) is 0 Å². The first-order chi connectivity index (χ1) is 7.79. The maximum Gasteiger partial charge on any atom is 0.0422 e. The van der Waals surface area contributed by atoms with E-state index in [4.69, 9.17) is 5.73 Å². The average Bonchev–Trinajstić information content (AvgIpc) is 2.80. The number of benzene rings is 1. The van der Waals surface area contributed by atoms with E-state index in [9.17, 15) is 0 Å². The number of rotatable bonds is 4. The topological polar surface area (TPSA) is 26.0 Å². The molecule has 0 amide bonds. The van der Waals surface area contributed by atoms with E-state index in [2.05, 4.69) is 52.0 Å². The Morgan fingerprint density at radius 3 is 2.44 bits per heavy atom. The zero-order valence-electron chi connectivity index (χ0n) is 9.36. The summed E-state index contributed by atoms with van der Waals surface area (Å²) in [7, 11) is 0. The van der Waals surface area contributed by atoms with Crippen LogP contribution in [-0.4, -0.2) is 11.8 Å². The van der Waals surface area contributed by atoms with E-state index in [0.29, 0.717) is 5.25 Å². The fourth-order valence-corrected chi connectivity index (χ4v) is 3.96. The highest BCUT2D eigenvalue weighted by molar-refractivity contribution is 9.10. The molecule has 1 atom stereocenters. The SMILES string of the molecule is NCC(SC1CCCC1)c1ccc(Br)cc1. The monoisotopic (exact) mass is 299 g/mol. The molecule has 2 rings (SSSR count). The van der Waals surface area contributed by atoms with Crippen LogP contribution in [0.25, 0.3) is 0 Å². The van der Waals surface area contributed by atoms with Crippen LogP contribution in [0.3, 0.4) is 0 Å². The molecular formula is C13H18BrNS. The van der Waals surface area contributed by atoms with E-state index in [1.54, 1.807) is 0 Å². The van der Waals surface area contributed by atoms with Crippen LogP contribution in [0.2, 0.25) is 0 Å². The van der Waals surface area contributed by atoms with Crippen LogP contribution in [-0.2, 0) is 0 Å². The van der Waals surface area contributed by atoms with Crippen molar-refractivity contribution in [2.24, 2.45) is 5.73 Å². The molecule has 1 unspecified atom stereocenters. The van der Waals surface area contributed by atoms with Crippen LogP contribution in [0.5, 0.6) is 0 Å². The van der Waals surface area contributed by atoms with Crippen LogP contribution in [0.15, 0.2) is 28.7 Å². The summed E-state index contributed by atoms with van der Waals surface area (Å²) in [6.07, 6.45) is 5.54. The van der Waals surface area contributed by atoms with Crippen LogP contribution < -0.4 is 5.73 Å². The molecule has 1 aliphatic carbocycles. The molecular weight excluding hydrogens is 282 g/mol. The summed E-state index contributed by atoms with van der Waals surface area (Å²) < 4.78 is 1.14. The third kappa shape index (κ3) is 3.25. The predicted molar refractivity (Wildman–Crippen MR) is 75.8 cm³/mol. The highest BCUT2D eigenvalue weighted by Gasteiger charge is 2.20. The first kappa shape index (κ1) is 12.5. The highest BCUT2D eigenvalue weighted by atomic mass is 79.9. The summed E-state index contributed by atoms with van der Waals surface area (Å²) in [4.78, 5) is 0. The quantitative estimate of drug-likeness (QED) is 0.905. The minimum atomic E-state index is 0.469. The molecule has 1 fully saturated rings. The van der Waals surface area contributed by atoms with Crippen molar-refractivity contribution in [3.8, 4) is 0 Å².